The zero-order valence-corrected chi connectivity index (χ0v) is 8.33. The first-order valence-corrected chi connectivity index (χ1v) is 4.61. The second-order valence-corrected chi connectivity index (χ2v) is 3.18. The second kappa shape index (κ2) is 4.87. The molecule has 3 N–H and O–H groups in total. The zero-order chi connectivity index (χ0) is 9.68. The Hall–Kier alpha value is -1.03. The van der Waals surface area contributed by atoms with Gasteiger partial charge in [0.1, 0.15) is 5.84 Å². The first-order chi connectivity index (χ1) is 6.29. The normalized spacial score (nSPS) is 24.2. The van der Waals surface area contributed by atoms with Crippen molar-refractivity contribution in [3.8, 4) is 0 Å². The van der Waals surface area contributed by atoms with Crippen LogP contribution in [-0.2, 0) is 0 Å². The van der Waals surface area contributed by atoms with Crippen molar-refractivity contribution in [3.63, 3.8) is 0 Å². The molecule has 1 fully saturated rings. The number of nitrogens with one attached hydrogen (secondary N) is 1. The van der Waals surface area contributed by atoms with Crippen LogP contribution in [0.1, 0.15) is 12.8 Å². The van der Waals surface area contributed by atoms with Crippen molar-refractivity contribution in [1.29, 1.82) is 0 Å². The summed E-state index contributed by atoms with van der Waals surface area (Å²) in [6, 6.07) is 0.395. The molecule has 0 aromatic rings. The van der Waals surface area contributed by atoms with Gasteiger partial charge in [0.2, 0.25) is 0 Å². The van der Waals surface area contributed by atoms with Gasteiger partial charge in [0.05, 0.1) is 6.04 Å². The van der Waals surface area contributed by atoms with Crippen LogP contribution in [-0.4, -0.2) is 37.4 Å². The Morgan fingerprint density at radius 1 is 1.69 bits per heavy atom. The lowest BCUT2D eigenvalue weighted by molar-refractivity contribution is 0.608. The third kappa shape index (κ3) is 2.45. The van der Waals surface area contributed by atoms with Crippen LogP contribution in [0.5, 0.6) is 0 Å². The number of hydrogen-bond donors (Lipinski definition) is 2. The van der Waals surface area contributed by atoms with E-state index >= 15 is 0 Å². The fraction of sp³-hybridized carbons (Fsp3) is 0.667. The van der Waals surface area contributed by atoms with Crippen LogP contribution in [0.4, 0.5) is 0 Å². The lowest BCUT2D eigenvalue weighted by Gasteiger charge is -2.21. The van der Waals surface area contributed by atoms with E-state index in [-0.39, 0.29) is 0 Å². The molecule has 0 aromatic heterocycles. The molecular weight excluding hydrogens is 164 g/mol. The second-order valence-electron chi connectivity index (χ2n) is 3.18. The van der Waals surface area contributed by atoms with Gasteiger partial charge in [0, 0.05) is 26.5 Å². The molecule has 0 radical (unpaired) electrons. The molecule has 1 aliphatic rings. The SMILES string of the molecule is CN=C([C@@H]1CCCN1)N(C)/C=C\N. The molecule has 1 rings (SSSR count). The molecule has 0 saturated carbocycles. The number of likely N-dealkylation sites (N-methyl/N-ethyl adjacent to an activating group) is 1. The molecule has 4 nitrogen and oxygen atoms in total. The van der Waals surface area contributed by atoms with E-state index in [4.69, 9.17) is 5.73 Å². The predicted octanol–water partition coefficient (Wildman–Crippen LogP) is 0.128. The van der Waals surface area contributed by atoms with E-state index in [1.807, 2.05) is 25.2 Å². The first kappa shape index (κ1) is 10.1. The minimum absolute atomic E-state index is 0.395. The third-order valence-corrected chi connectivity index (χ3v) is 2.27. The Morgan fingerprint density at radius 2 is 2.46 bits per heavy atom. The Bertz CT molecular complexity index is 204. The Morgan fingerprint density at radius 3 is 2.92 bits per heavy atom. The van der Waals surface area contributed by atoms with Gasteiger partial charge in [-0.3, -0.25) is 4.99 Å². The van der Waals surface area contributed by atoms with E-state index < -0.39 is 0 Å². The average molecular weight is 182 g/mol. The maximum atomic E-state index is 5.32. The number of aliphatic imine (C=N–C) groups is 1. The smallest absolute Gasteiger partial charge is 0.120 e. The van der Waals surface area contributed by atoms with Gasteiger partial charge < -0.3 is 16.0 Å². The average Bonchev–Trinajstić information content (AvgIpc) is 2.59. The Labute approximate surface area is 79.5 Å². The van der Waals surface area contributed by atoms with E-state index in [2.05, 4.69) is 10.3 Å². The molecule has 1 heterocycles. The molecule has 1 aliphatic heterocycles. The van der Waals surface area contributed by atoms with Crippen LogP contribution >= 0.6 is 0 Å². The van der Waals surface area contributed by atoms with Crippen LogP contribution in [0.25, 0.3) is 0 Å². The predicted molar refractivity (Wildman–Crippen MR) is 55.5 cm³/mol. The topological polar surface area (TPSA) is 53.7 Å². The highest BCUT2D eigenvalue weighted by atomic mass is 15.2. The fourth-order valence-corrected chi connectivity index (χ4v) is 1.67. The number of hydrogen-bond acceptors (Lipinski definition) is 3. The van der Waals surface area contributed by atoms with Gasteiger partial charge in [-0.15, -0.1) is 0 Å². The minimum Gasteiger partial charge on any atom is -0.403 e. The monoisotopic (exact) mass is 182 g/mol. The van der Waals surface area contributed by atoms with Crippen molar-refractivity contribution in [2.24, 2.45) is 10.7 Å². The number of rotatable bonds is 2. The quantitative estimate of drug-likeness (QED) is 0.471. The van der Waals surface area contributed by atoms with Gasteiger partial charge in [-0.1, -0.05) is 0 Å². The standard InChI is InChI=1S/C9H18N4/c1-11-9(13(2)7-5-10)8-4-3-6-12-8/h5,7-8,12H,3-4,6,10H2,1-2H3/b7-5-,11-9?/t8-/m0/s1. The molecule has 0 amide bonds. The van der Waals surface area contributed by atoms with Crippen LogP contribution in [0.15, 0.2) is 17.4 Å². The number of nitrogens with two attached hydrogens (primary N) is 1. The van der Waals surface area contributed by atoms with Gasteiger partial charge in [-0.05, 0) is 19.4 Å². The van der Waals surface area contributed by atoms with Gasteiger partial charge in [0.15, 0.2) is 0 Å². The Kier molecular flexibility index (Phi) is 3.76. The minimum atomic E-state index is 0.395. The van der Waals surface area contributed by atoms with E-state index in [9.17, 15) is 0 Å². The molecule has 0 aliphatic carbocycles. The molecule has 0 spiro atoms. The van der Waals surface area contributed by atoms with E-state index in [1.54, 1.807) is 0 Å². The molecule has 1 saturated heterocycles. The van der Waals surface area contributed by atoms with Gasteiger partial charge in [0.25, 0.3) is 0 Å². The highest BCUT2D eigenvalue weighted by molar-refractivity contribution is 5.88. The van der Waals surface area contributed by atoms with E-state index in [0.29, 0.717) is 6.04 Å². The van der Waals surface area contributed by atoms with Gasteiger partial charge in [-0.25, -0.2) is 0 Å². The molecular formula is C9H18N4. The van der Waals surface area contributed by atoms with Crippen molar-refractivity contribution in [2.75, 3.05) is 20.6 Å². The van der Waals surface area contributed by atoms with Crippen LogP contribution < -0.4 is 11.1 Å². The van der Waals surface area contributed by atoms with Crippen molar-refractivity contribution >= 4 is 5.84 Å². The fourth-order valence-electron chi connectivity index (χ4n) is 1.67. The lowest BCUT2D eigenvalue weighted by Crippen LogP contribution is -2.39. The van der Waals surface area contributed by atoms with Crippen molar-refractivity contribution in [1.82, 2.24) is 10.2 Å². The van der Waals surface area contributed by atoms with Crippen molar-refractivity contribution in [3.05, 3.63) is 12.4 Å². The molecule has 13 heavy (non-hydrogen) atoms. The lowest BCUT2D eigenvalue weighted by atomic mass is 10.2. The van der Waals surface area contributed by atoms with Gasteiger partial charge >= 0.3 is 0 Å². The first-order valence-electron chi connectivity index (χ1n) is 4.61. The van der Waals surface area contributed by atoms with Crippen molar-refractivity contribution in [2.45, 2.75) is 18.9 Å². The van der Waals surface area contributed by atoms with E-state index in [0.717, 1.165) is 18.8 Å². The number of amidine groups is 1. The summed E-state index contributed by atoms with van der Waals surface area (Å²) in [7, 11) is 3.78. The molecule has 0 unspecified atom stereocenters. The highest BCUT2D eigenvalue weighted by Crippen LogP contribution is 2.09. The third-order valence-electron chi connectivity index (χ3n) is 2.27. The summed E-state index contributed by atoms with van der Waals surface area (Å²) >= 11 is 0. The van der Waals surface area contributed by atoms with Crippen LogP contribution in [0.2, 0.25) is 0 Å². The summed E-state index contributed by atoms with van der Waals surface area (Å²) in [5, 5.41) is 3.40. The maximum absolute atomic E-state index is 5.32. The summed E-state index contributed by atoms with van der Waals surface area (Å²) in [6.07, 6.45) is 5.74. The maximum Gasteiger partial charge on any atom is 0.120 e. The molecule has 0 bridgehead atoms. The summed E-state index contributed by atoms with van der Waals surface area (Å²) < 4.78 is 0. The largest absolute Gasteiger partial charge is 0.403 e. The summed E-state index contributed by atoms with van der Waals surface area (Å²) in [5.74, 6) is 1.05. The highest BCUT2D eigenvalue weighted by Gasteiger charge is 2.21. The number of nitrogens with zero attached hydrogens (tertiary/aromatic N) is 2. The Balaban J connectivity index is 2.61. The van der Waals surface area contributed by atoms with E-state index in [1.165, 1.54) is 12.6 Å². The molecule has 4 heteroatoms. The molecule has 1 atom stereocenters. The summed E-state index contributed by atoms with van der Waals surface area (Å²) in [5.41, 5.74) is 5.32. The molecule has 0 aromatic carbocycles. The summed E-state index contributed by atoms with van der Waals surface area (Å²) in [4.78, 5) is 6.22. The summed E-state index contributed by atoms with van der Waals surface area (Å²) in [6.45, 7) is 1.09. The van der Waals surface area contributed by atoms with Crippen molar-refractivity contribution < 1.29 is 0 Å². The van der Waals surface area contributed by atoms with Gasteiger partial charge in [-0.2, -0.15) is 0 Å². The zero-order valence-electron chi connectivity index (χ0n) is 8.33. The van der Waals surface area contributed by atoms with Crippen LogP contribution in [0.3, 0.4) is 0 Å². The molecule has 74 valence electrons. The van der Waals surface area contributed by atoms with Crippen LogP contribution in [0, 0.1) is 0 Å².